The monoisotopic (exact) mass is 180 g/mol. The SMILES string of the molecule is CC(=O)/C(C[NH+](C)C)=N/O.[Cl-]. The largest absolute Gasteiger partial charge is 1.00 e. The van der Waals surface area contributed by atoms with Crippen LogP contribution in [0.15, 0.2) is 5.16 Å². The maximum atomic E-state index is 10.6. The fourth-order valence-corrected chi connectivity index (χ4v) is 0.565. The first kappa shape index (κ1) is 13.0. The Morgan fingerprint density at radius 3 is 2.09 bits per heavy atom. The number of Topliss-reactive ketones (excluding diaryl/α,β-unsaturated/α-hetero) is 1. The van der Waals surface area contributed by atoms with Crippen LogP contribution in [0.4, 0.5) is 0 Å². The van der Waals surface area contributed by atoms with Gasteiger partial charge in [-0.3, -0.25) is 4.79 Å². The number of quaternary nitrogens is 1. The number of carbonyl (C=O) groups is 1. The number of carbonyl (C=O) groups excluding carboxylic acids is 1. The second-order valence-corrected chi connectivity index (χ2v) is 2.49. The van der Waals surface area contributed by atoms with Crippen LogP contribution in [0.25, 0.3) is 0 Å². The number of hydrogen-bond donors (Lipinski definition) is 2. The summed E-state index contributed by atoms with van der Waals surface area (Å²) in [6.45, 7) is 1.85. The van der Waals surface area contributed by atoms with Crippen LogP contribution in [0.5, 0.6) is 0 Å². The number of nitrogens with zero attached hydrogens (tertiary/aromatic N) is 1. The molecule has 0 fully saturated rings. The standard InChI is InChI=1S/C6H12N2O2.ClH/c1-5(9)6(7-10)4-8(2)3;/h10H,4H2,1-3H3;1H/b7-6+;. The minimum Gasteiger partial charge on any atom is -1.00 e. The number of oxime groups is 1. The zero-order valence-electron chi connectivity index (χ0n) is 6.89. The van der Waals surface area contributed by atoms with Gasteiger partial charge in [-0.2, -0.15) is 0 Å². The Hall–Kier alpha value is -0.610. The molecule has 0 rings (SSSR count). The topological polar surface area (TPSA) is 54.1 Å². The minimum atomic E-state index is -0.177. The average molecular weight is 181 g/mol. The molecule has 11 heavy (non-hydrogen) atoms. The molecule has 0 radical (unpaired) electrons. The molecule has 0 heterocycles. The number of nitrogens with one attached hydrogen (secondary N) is 1. The van der Waals surface area contributed by atoms with Gasteiger partial charge in [0.2, 0.25) is 0 Å². The molecule has 5 heteroatoms. The van der Waals surface area contributed by atoms with Crippen molar-refractivity contribution in [1.29, 1.82) is 0 Å². The van der Waals surface area contributed by atoms with E-state index in [9.17, 15) is 4.79 Å². The third-order valence-electron chi connectivity index (χ3n) is 1.05. The molecular formula is C6H13ClN2O2. The van der Waals surface area contributed by atoms with Gasteiger partial charge in [-0.15, -0.1) is 0 Å². The van der Waals surface area contributed by atoms with Crippen molar-refractivity contribution in [3.05, 3.63) is 0 Å². The van der Waals surface area contributed by atoms with Gasteiger partial charge in [-0.25, -0.2) is 0 Å². The quantitative estimate of drug-likeness (QED) is 0.262. The molecule has 0 spiro atoms. The molecule has 66 valence electrons. The van der Waals surface area contributed by atoms with Gasteiger partial charge in [0, 0.05) is 6.92 Å². The van der Waals surface area contributed by atoms with Crippen LogP contribution in [0.3, 0.4) is 0 Å². The van der Waals surface area contributed by atoms with Crippen molar-refractivity contribution < 1.29 is 27.3 Å². The molecule has 0 saturated heterocycles. The van der Waals surface area contributed by atoms with Crippen LogP contribution in [0.2, 0.25) is 0 Å². The van der Waals surface area contributed by atoms with Gasteiger partial charge in [0.05, 0.1) is 14.1 Å². The Bertz CT molecular complexity index is 157. The summed E-state index contributed by atoms with van der Waals surface area (Å²) in [6.07, 6.45) is 0. The highest BCUT2D eigenvalue weighted by Crippen LogP contribution is 1.74. The van der Waals surface area contributed by atoms with E-state index >= 15 is 0 Å². The number of ketones is 1. The van der Waals surface area contributed by atoms with Gasteiger partial charge < -0.3 is 22.5 Å². The summed E-state index contributed by atoms with van der Waals surface area (Å²) in [7, 11) is 3.77. The van der Waals surface area contributed by atoms with E-state index in [1.807, 2.05) is 14.1 Å². The molecule has 0 aliphatic rings. The van der Waals surface area contributed by atoms with Gasteiger partial charge in [-0.05, 0) is 0 Å². The van der Waals surface area contributed by atoms with Crippen molar-refractivity contribution in [3.8, 4) is 0 Å². The smallest absolute Gasteiger partial charge is 0.183 e. The second kappa shape index (κ2) is 6.12. The number of halogens is 1. The van der Waals surface area contributed by atoms with Gasteiger partial charge in [-0.1, -0.05) is 5.16 Å². The number of hydrogen-bond acceptors (Lipinski definition) is 3. The van der Waals surface area contributed by atoms with Crippen molar-refractivity contribution >= 4 is 11.5 Å². The van der Waals surface area contributed by atoms with Gasteiger partial charge in [0.15, 0.2) is 11.5 Å². The summed E-state index contributed by atoms with van der Waals surface area (Å²) in [5.74, 6) is -0.177. The Labute approximate surface area is 72.3 Å². The van der Waals surface area contributed by atoms with Crippen LogP contribution >= 0.6 is 0 Å². The molecule has 0 amide bonds. The highest BCUT2D eigenvalue weighted by molar-refractivity contribution is 6.39. The normalized spacial score (nSPS) is 11.1. The zero-order chi connectivity index (χ0) is 8.15. The maximum absolute atomic E-state index is 10.6. The van der Waals surface area contributed by atoms with Crippen molar-refractivity contribution in [2.75, 3.05) is 20.6 Å². The lowest BCUT2D eigenvalue weighted by Gasteiger charge is -2.04. The lowest BCUT2D eigenvalue weighted by molar-refractivity contribution is -0.848. The van der Waals surface area contributed by atoms with Crippen molar-refractivity contribution in [1.82, 2.24) is 0 Å². The van der Waals surface area contributed by atoms with Crippen LogP contribution in [0, 0.1) is 0 Å². The Kier molecular flexibility index (Phi) is 7.24. The molecule has 2 N–H and O–H groups in total. The van der Waals surface area contributed by atoms with E-state index in [1.54, 1.807) is 0 Å². The predicted octanol–water partition coefficient (Wildman–Crippen LogP) is -4.45. The number of rotatable bonds is 3. The van der Waals surface area contributed by atoms with Crippen molar-refractivity contribution in [2.45, 2.75) is 6.92 Å². The van der Waals surface area contributed by atoms with E-state index in [4.69, 9.17) is 5.21 Å². The fourth-order valence-electron chi connectivity index (χ4n) is 0.565. The van der Waals surface area contributed by atoms with E-state index in [2.05, 4.69) is 5.16 Å². The summed E-state index contributed by atoms with van der Waals surface area (Å²) in [5.41, 5.74) is 0.222. The van der Waals surface area contributed by atoms with E-state index < -0.39 is 0 Å². The Morgan fingerprint density at radius 1 is 1.55 bits per heavy atom. The first-order valence-corrected chi connectivity index (χ1v) is 3.08. The Balaban J connectivity index is 0. The fraction of sp³-hybridized carbons (Fsp3) is 0.667. The second-order valence-electron chi connectivity index (χ2n) is 2.49. The molecule has 0 saturated carbocycles. The summed E-state index contributed by atoms with van der Waals surface area (Å²) < 4.78 is 0. The predicted molar refractivity (Wildman–Crippen MR) is 37.6 cm³/mol. The van der Waals surface area contributed by atoms with E-state index in [0.29, 0.717) is 6.54 Å². The summed E-state index contributed by atoms with van der Waals surface area (Å²) in [5, 5.41) is 11.2. The van der Waals surface area contributed by atoms with Crippen LogP contribution in [0.1, 0.15) is 6.92 Å². The van der Waals surface area contributed by atoms with Crippen LogP contribution in [-0.2, 0) is 4.79 Å². The highest BCUT2D eigenvalue weighted by atomic mass is 35.5. The summed E-state index contributed by atoms with van der Waals surface area (Å²) in [6, 6.07) is 0. The van der Waals surface area contributed by atoms with E-state index in [0.717, 1.165) is 4.90 Å². The maximum Gasteiger partial charge on any atom is 0.183 e. The Morgan fingerprint density at radius 2 is 2.00 bits per heavy atom. The molecule has 0 aliphatic heterocycles. The molecule has 0 aromatic rings. The molecule has 0 aromatic carbocycles. The molecule has 0 bridgehead atoms. The van der Waals surface area contributed by atoms with Gasteiger partial charge >= 0.3 is 0 Å². The highest BCUT2D eigenvalue weighted by Gasteiger charge is 2.09. The molecule has 0 aliphatic carbocycles. The summed E-state index contributed by atoms with van der Waals surface area (Å²) in [4.78, 5) is 11.7. The first-order chi connectivity index (χ1) is 4.57. The van der Waals surface area contributed by atoms with Gasteiger partial charge in [0.25, 0.3) is 0 Å². The van der Waals surface area contributed by atoms with Gasteiger partial charge in [0.1, 0.15) is 6.54 Å². The lowest BCUT2D eigenvalue weighted by atomic mass is 10.2. The molecule has 0 atom stereocenters. The third-order valence-corrected chi connectivity index (χ3v) is 1.05. The van der Waals surface area contributed by atoms with E-state index in [-0.39, 0.29) is 23.9 Å². The van der Waals surface area contributed by atoms with Crippen LogP contribution in [-0.4, -0.2) is 37.3 Å². The lowest BCUT2D eigenvalue weighted by Crippen LogP contribution is -3.06. The molecule has 0 aromatic heterocycles. The van der Waals surface area contributed by atoms with Crippen molar-refractivity contribution in [2.24, 2.45) is 5.16 Å². The van der Waals surface area contributed by atoms with Crippen LogP contribution < -0.4 is 17.3 Å². The third kappa shape index (κ3) is 5.82. The van der Waals surface area contributed by atoms with Crippen molar-refractivity contribution in [3.63, 3.8) is 0 Å². The summed E-state index contributed by atoms with van der Waals surface area (Å²) >= 11 is 0. The molecular weight excluding hydrogens is 168 g/mol. The average Bonchev–Trinajstić information content (AvgIpc) is 1.81. The zero-order valence-corrected chi connectivity index (χ0v) is 7.64. The first-order valence-electron chi connectivity index (χ1n) is 3.08. The molecule has 4 nitrogen and oxygen atoms in total. The van der Waals surface area contributed by atoms with E-state index in [1.165, 1.54) is 6.92 Å². The minimum absolute atomic E-state index is 0. The molecule has 0 unspecified atom stereocenters.